The summed E-state index contributed by atoms with van der Waals surface area (Å²) in [6, 6.07) is 16.8. The zero-order valence-corrected chi connectivity index (χ0v) is 12.8. The number of benzene rings is 2. The molecule has 2 aromatic carbocycles. The molecule has 0 aliphatic rings. The summed E-state index contributed by atoms with van der Waals surface area (Å²) in [6.45, 7) is 0. The fraction of sp³-hybridized carbons (Fsp3) is 0.250. The third kappa shape index (κ3) is 3.58. The van der Waals surface area contributed by atoms with Crippen molar-refractivity contribution in [3.05, 3.63) is 64.1 Å². The maximum Gasteiger partial charge on any atom is 0.123 e. The van der Waals surface area contributed by atoms with E-state index >= 15 is 0 Å². The van der Waals surface area contributed by atoms with Crippen LogP contribution < -0.4 is 10.1 Å². The first-order valence-corrected chi connectivity index (χ1v) is 7.08. The van der Waals surface area contributed by atoms with Gasteiger partial charge in [-0.3, -0.25) is 0 Å². The quantitative estimate of drug-likeness (QED) is 0.900. The predicted molar refractivity (Wildman–Crippen MR) is 82.6 cm³/mol. The first kappa shape index (κ1) is 14.1. The summed E-state index contributed by atoms with van der Waals surface area (Å²) in [7, 11) is 3.69. The van der Waals surface area contributed by atoms with Crippen molar-refractivity contribution in [2.45, 2.75) is 12.5 Å². The molecule has 0 aliphatic heterocycles. The van der Waals surface area contributed by atoms with Crippen molar-refractivity contribution in [3.8, 4) is 5.75 Å². The zero-order valence-electron chi connectivity index (χ0n) is 11.2. The molecule has 0 aromatic heterocycles. The van der Waals surface area contributed by atoms with Crippen LogP contribution in [0.5, 0.6) is 5.75 Å². The Hall–Kier alpha value is -1.32. The molecule has 2 aromatic rings. The van der Waals surface area contributed by atoms with Gasteiger partial charge in [-0.2, -0.15) is 0 Å². The molecule has 1 atom stereocenters. The lowest BCUT2D eigenvalue weighted by Gasteiger charge is -2.20. The van der Waals surface area contributed by atoms with E-state index in [1.165, 1.54) is 11.1 Å². The van der Waals surface area contributed by atoms with E-state index in [1.807, 2.05) is 25.2 Å². The summed E-state index contributed by atoms with van der Waals surface area (Å²) in [5.41, 5.74) is 2.48. The van der Waals surface area contributed by atoms with Gasteiger partial charge in [0.1, 0.15) is 5.75 Å². The lowest BCUT2D eigenvalue weighted by molar-refractivity contribution is 0.401. The second kappa shape index (κ2) is 6.73. The van der Waals surface area contributed by atoms with Crippen LogP contribution in [0, 0.1) is 0 Å². The number of ether oxygens (including phenoxy) is 1. The van der Waals surface area contributed by atoms with Crippen molar-refractivity contribution in [2.24, 2.45) is 0 Å². The average Bonchev–Trinajstić information content (AvgIpc) is 2.46. The Labute approximate surface area is 122 Å². The summed E-state index contributed by atoms with van der Waals surface area (Å²) in [4.78, 5) is 0. The van der Waals surface area contributed by atoms with E-state index in [1.54, 1.807) is 7.11 Å². The Morgan fingerprint density at radius 3 is 2.53 bits per heavy atom. The van der Waals surface area contributed by atoms with Crippen molar-refractivity contribution >= 4 is 15.9 Å². The lowest BCUT2D eigenvalue weighted by Crippen LogP contribution is -2.19. The molecular formula is C16H18BrNO. The highest BCUT2D eigenvalue weighted by molar-refractivity contribution is 9.10. The fourth-order valence-electron chi connectivity index (χ4n) is 2.19. The monoisotopic (exact) mass is 319 g/mol. The van der Waals surface area contributed by atoms with Crippen LogP contribution in [0.3, 0.4) is 0 Å². The zero-order chi connectivity index (χ0) is 13.7. The van der Waals surface area contributed by atoms with Crippen molar-refractivity contribution in [3.63, 3.8) is 0 Å². The van der Waals surface area contributed by atoms with Crippen LogP contribution in [0.15, 0.2) is 53.0 Å². The van der Waals surface area contributed by atoms with Crippen LogP contribution in [-0.2, 0) is 6.42 Å². The highest BCUT2D eigenvalue weighted by atomic mass is 79.9. The summed E-state index contributed by atoms with van der Waals surface area (Å²) in [5, 5.41) is 3.37. The minimum absolute atomic E-state index is 0.231. The van der Waals surface area contributed by atoms with E-state index < -0.39 is 0 Å². The second-order valence-electron chi connectivity index (χ2n) is 4.42. The Kier molecular flexibility index (Phi) is 5.00. The Bertz CT molecular complexity index is 528. The van der Waals surface area contributed by atoms with Crippen molar-refractivity contribution < 1.29 is 4.74 Å². The maximum absolute atomic E-state index is 5.46. The first-order valence-electron chi connectivity index (χ1n) is 6.29. The number of rotatable bonds is 5. The number of hydrogen-bond donors (Lipinski definition) is 1. The normalized spacial score (nSPS) is 12.2. The third-order valence-corrected chi connectivity index (χ3v) is 3.69. The van der Waals surface area contributed by atoms with E-state index in [2.05, 4.69) is 51.6 Å². The van der Waals surface area contributed by atoms with Crippen molar-refractivity contribution in [1.29, 1.82) is 0 Å². The molecule has 0 radical (unpaired) electrons. The third-order valence-electron chi connectivity index (χ3n) is 3.20. The van der Waals surface area contributed by atoms with Gasteiger partial charge in [0.2, 0.25) is 0 Å². The Morgan fingerprint density at radius 2 is 1.89 bits per heavy atom. The molecule has 1 N–H and O–H groups in total. The molecule has 100 valence electrons. The van der Waals surface area contributed by atoms with E-state index in [9.17, 15) is 0 Å². The van der Waals surface area contributed by atoms with Crippen LogP contribution in [0.2, 0.25) is 0 Å². The molecule has 0 bridgehead atoms. The van der Waals surface area contributed by atoms with E-state index in [4.69, 9.17) is 4.74 Å². The maximum atomic E-state index is 5.46. The van der Waals surface area contributed by atoms with Gasteiger partial charge in [-0.05, 0) is 37.2 Å². The molecule has 0 amide bonds. The molecule has 1 unspecified atom stereocenters. The highest BCUT2D eigenvalue weighted by Crippen LogP contribution is 2.30. The topological polar surface area (TPSA) is 21.3 Å². The number of methoxy groups -OCH3 is 1. The SMILES string of the molecule is CNC(Cc1ccccc1)c1cc(Br)ccc1OC. The molecule has 3 heteroatoms. The molecule has 0 fully saturated rings. The van der Waals surface area contributed by atoms with Gasteiger partial charge >= 0.3 is 0 Å². The molecule has 0 aliphatic carbocycles. The van der Waals surface area contributed by atoms with Gasteiger partial charge in [0.05, 0.1) is 7.11 Å². The second-order valence-corrected chi connectivity index (χ2v) is 5.33. The van der Waals surface area contributed by atoms with Gasteiger partial charge in [-0.1, -0.05) is 46.3 Å². The minimum atomic E-state index is 0.231. The molecule has 0 heterocycles. The minimum Gasteiger partial charge on any atom is -0.496 e. The Balaban J connectivity index is 2.29. The fourth-order valence-corrected chi connectivity index (χ4v) is 2.57. The van der Waals surface area contributed by atoms with Gasteiger partial charge in [0.25, 0.3) is 0 Å². The Morgan fingerprint density at radius 1 is 1.16 bits per heavy atom. The van der Waals surface area contributed by atoms with E-state index in [-0.39, 0.29) is 6.04 Å². The van der Waals surface area contributed by atoms with Crippen molar-refractivity contribution in [2.75, 3.05) is 14.2 Å². The van der Waals surface area contributed by atoms with Crippen LogP contribution in [0.4, 0.5) is 0 Å². The predicted octanol–water partition coefficient (Wildman–Crippen LogP) is 3.96. The van der Waals surface area contributed by atoms with Gasteiger partial charge in [0.15, 0.2) is 0 Å². The molecule has 0 saturated heterocycles. The molecule has 2 rings (SSSR count). The summed E-state index contributed by atoms with van der Waals surface area (Å²) in [5.74, 6) is 0.915. The lowest BCUT2D eigenvalue weighted by atomic mass is 9.98. The largest absolute Gasteiger partial charge is 0.496 e. The molecule has 0 saturated carbocycles. The molecular weight excluding hydrogens is 302 g/mol. The summed E-state index contributed by atoms with van der Waals surface area (Å²) < 4.78 is 6.53. The van der Waals surface area contributed by atoms with E-state index in [0.717, 1.165) is 16.6 Å². The molecule has 0 spiro atoms. The van der Waals surface area contributed by atoms with Crippen LogP contribution in [0.1, 0.15) is 17.2 Å². The number of hydrogen-bond acceptors (Lipinski definition) is 2. The summed E-state index contributed by atoms with van der Waals surface area (Å²) in [6.07, 6.45) is 0.935. The average molecular weight is 320 g/mol. The molecule has 19 heavy (non-hydrogen) atoms. The van der Waals surface area contributed by atoms with Crippen molar-refractivity contribution in [1.82, 2.24) is 5.32 Å². The standard InChI is InChI=1S/C16H18BrNO/c1-18-15(10-12-6-4-3-5-7-12)14-11-13(17)8-9-16(14)19-2/h3-9,11,15,18H,10H2,1-2H3. The molecule has 2 nitrogen and oxygen atoms in total. The van der Waals surface area contributed by atoms with Gasteiger partial charge < -0.3 is 10.1 Å². The van der Waals surface area contributed by atoms with Crippen LogP contribution >= 0.6 is 15.9 Å². The van der Waals surface area contributed by atoms with Crippen LogP contribution in [0.25, 0.3) is 0 Å². The number of nitrogens with one attached hydrogen (secondary N) is 1. The number of halogens is 1. The smallest absolute Gasteiger partial charge is 0.123 e. The van der Waals surface area contributed by atoms with Gasteiger partial charge in [-0.25, -0.2) is 0 Å². The highest BCUT2D eigenvalue weighted by Gasteiger charge is 2.15. The first-order chi connectivity index (χ1) is 9.24. The number of likely N-dealkylation sites (N-methyl/N-ethyl adjacent to an activating group) is 1. The summed E-state index contributed by atoms with van der Waals surface area (Å²) >= 11 is 3.53. The van der Waals surface area contributed by atoms with E-state index in [0.29, 0.717) is 0 Å². The van der Waals surface area contributed by atoms with Gasteiger partial charge in [-0.15, -0.1) is 0 Å². The van der Waals surface area contributed by atoms with Crippen LogP contribution in [-0.4, -0.2) is 14.2 Å². The van der Waals surface area contributed by atoms with Gasteiger partial charge in [0, 0.05) is 16.1 Å².